The Bertz CT molecular complexity index is 1220. The van der Waals surface area contributed by atoms with E-state index >= 15 is 0 Å². The number of hydrogen-bond acceptors (Lipinski definition) is 7. The van der Waals surface area contributed by atoms with Crippen molar-refractivity contribution in [3.8, 4) is 0 Å². The summed E-state index contributed by atoms with van der Waals surface area (Å²) in [7, 11) is 0. The number of carbonyl (C=O) groups excluding carboxylic acids is 1. The number of amides is 1. The lowest BCUT2D eigenvalue weighted by Crippen LogP contribution is -2.36. The van der Waals surface area contributed by atoms with Gasteiger partial charge >= 0.3 is 0 Å². The molecular weight excluding hydrogens is 451 g/mol. The van der Waals surface area contributed by atoms with Crippen LogP contribution in [0.4, 0.5) is 15.8 Å². The first-order chi connectivity index (χ1) is 15.6. The third kappa shape index (κ3) is 4.39. The van der Waals surface area contributed by atoms with Crippen LogP contribution in [0.1, 0.15) is 22.7 Å². The first-order valence-electron chi connectivity index (χ1n) is 10.6. The van der Waals surface area contributed by atoms with Gasteiger partial charge in [-0.3, -0.25) is 9.59 Å². The Morgan fingerprint density at radius 2 is 2.16 bits per heavy atom. The summed E-state index contributed by atoms with van der Waals surface area (Å²) < 4.78 is 19.8. The average molecular weight is 475 g/mol. The predicted octanol–water partition coefficient (Wildman–Crippen LogP) is 3.32. The maximum Gasteiger partial charge on any atom is 0.259 e. The Kier molecular flexibility index (Phi) is 6.16. The van der Waals surface area contributed by atoms with Crippen molar-refractivity contribution < 1.29 is 13.9 Å². The van der Waals surface area contributed by atoms with E-state index in [1.807, 2.05) is 4.90 Å². The zero-order valence-corrected chi connectivity index (χ0v) is 19.0. The second kappa shape index (κ2) is 9.21. The van der Waals surface area contributed by atoms with Gasteiger partial charge in [0.25, 0.3) is 5.56 Å². The van der Waals surface area contributed by atoms with Crippen LogP contribution in [0, 0.1) is 5.82 Å². The third-order valence-corrected chi connectivity index (χ3v) is 7.81. The molecule has 0 spiro atoms. The van der Waals surface area contributed by atoms with Crippen LogP contribution in [0.5, 0.6) is 0 Å². The average Bonchev–Trinajstić information content (AvgIpc) is 3.35. The number of thioether (sulfide) groups is 1. The number of aromatic amines is 1. The van der Waals surface area contributed by atoms with Gasteiger partial charge < -0.3 is 19.9 Å². The molecule has 0 atom stereocenters. The van der Waals surface area contributed by atoms with E-state index in [1.54, 1.807) is 23.5 Å². The normalized spacial score (nSPS) is 15.8. The summed E-state index contributed by atoms with van der Waals surface area (Å²) in [6.07, 6.45) is 3.07. The number of aryl methyl sites for hydroxylation is 2. The minimum absolute atomic E-state index is 0.0923. The highest BCUT2D eigenvalue weighted by atomic mass is 32.2. The van der Waals surface area contributed by atoms with Crippen LogP contribution in [0.2, 0.25) is 0 Å². The van der Waals surface area contributed by atoms with Crippen molar-refractivity contribution in [1.82, 2.24) is 9.97 Å². The Labute approximate surface area is 192 Å². The maximum atomic E-state index is 14.5. The standard InChI is InChI=1S/C22H23FN4O3S2/c23-15-10-13(4-5-16(15)27-6-8-30-9-7-27)24-19(28)12-31-11-18-25-21(29)20-14-2-1-3-17(14)32-22(20)26-18/h4-5,10H,1-3,6-9,11-12H2,(H,24,28)(H,25,26,29). The van der Waals surface area contributed by atoms with Crippen molar-refractivity contribution in [3.05, 3.63) is 50.6 Å². The van der Waals surface area contributed by atoms with E-state index in [2.05, 4.69) is 15.3 Å². The number of ether oxygens (including phenoxy) is 1. The summed E-state index contributed by atoms with van der Waals surface area (Å²) in [5.74, 6) is 0.574. The van der Waals surface area contributed by atoms with Crippen LogP contribution in [-0.2, 0) is 28.1 Å². The summed E-state index contributed by atoms with van der Waals surface area (Å²) in [4.78, 5) is 36.3. The molecule has 168 valence electrons. The number of thiophene rings is 1. The van der Waals surface area contributed by atoms with Crippen LogP contribution < -0.4 is 15.8 Å². The molecule has 0 unspecified atom stereocenters. The van der Waals surface area contributed by atoms with Crippen LogP contribution in [0.3, 0.4) is 0 Å². The van der Waals surface area contributed by atoms with E-state index in [0.717, 1.165) is 35.0 Å². The number of anilines is 2. The molecular formula is C22H23FN4O3S2. The summed E-state index contributed by atoms with van der Waals surface area (Å²) in [6.45, 7) is 2.46. The zero-order valence-electron chi connectivity index (χ0n) is 17.4. The molecule has 32 heavy (non-hydrogen) atoms. The second-order valence-electron chi connectivity index (χ2n) is 7.86. The van der Waals surface area contributed by atoms with Crippen molar-refractivity contribution in [1.29, 1.82) is 0 Å². The van der Waals surface area contributed by atoms with Gasteiger partial charge in [0, 0.05) is 23.7 Å². The molecule has 10 heteroatoms. The molecule has 2 aliphatic rings. The summed E-state index contributed by atoms with van der Waals surface area (Å²) in [5.41, 5.74) is 2.01. The van der Waals surface area contributed by atoms with Crippen molar-refractivity contribution in [3.63, 3.8) is 0 Å². The largest absolute Gasteiger partial charge is 0.378 e. The van der Waals surface area contributed by atoms with Gasteiger partial charge in [0.2, 0.25) is 5.91 Å². The molecule has 2 N–H and O–H groups in total. The molecule has 1 fully saturated rings. The monoisotopic (exact) mass is 474 g/mol. The number of aromatic nitrogens is 2. The highest BCUT2D eigenvalue weighted by Gasteiger charge is 2.21. The maximum absolute atomic E-state index is 14.5. The summed E-state index contributed by atoms with van der Waals surface area (Å²) in [5, 5.41) is 3.47. The van der Waals surface area contributed by atoms with E-state index in [4.69, 9.17) is 4.74 Å². The number of fused-ring (bicyclic) bond motifs is 3. The van der Waals surface area contributed by atoms with Gasteiger partial charge in [-0.1, -0.05) is 0 Å². The van der Waals surface area contributed by atoms with Gasteiger partial charge in [0.1, 0.15) is 16.5 Å². The molecule has 1 amide bonds. The number of morpholine rings is 1. The Balaban J connectivity index is 1.17. The molecule has 3 heterocycles. The Morgan fingerprint density at radius 3 is 2.97 bits per heavy atom. The van der Waals surface area contributed by atoms with Crippen molar-refractivity contribution in [2.45, 2.75) is 25.0 Å². The fourth-order valence-corrected chi connectivity index (χ4v) is 6.17. The van der Waals surface area contributed by atoms with E-state index in [0.29, 0.717) is 49.3 Å². The molecule has 1 aliphatic carbocycles. The van der Waals surface area contributed by atoms with Crippen LogP contribution in [0.15, 0.2) is 23.0 Å². The lowest BCUT2D eigenvalue weighted by Gasteiger charge is -2.29. The van der Waals surface area contributed by atoms with Gasteiger partial charge in [-0.25, -0.2) is 9.37 Å². The van der Waals surface area contributed by atoms with Gasteiger partial charge in [0.05, 0.1) is 35.8 Å². The molecule has 5 rings (SSSR count). The lowest BCUT2D eigenvalue weighted by molar-refractivity contribution is -0.113. The topological polar surface area (TPSA) is 87.3 Å². The molecule has 0 radical (unpaired) electrons. The molecule has 1 aliphatic heterocycles. The van der Waals surface area contributed by atoms with Gasteiger partial charge in [-0.15, -0.1) is 23.1 Å². The number of halogens is 1. The SMILES string of the molecule is O=C(CSCc1nc2sc3c(c2c(=O)[nH]1)CCC3)Nc1ccc(N2CCOCC2)c(F)c1. The number of nitrogens with one attached hydrogen (secondary N) is 2. The highest BCUT2D eigenvalue weighted by molar-refractivity contribution is 7.99. The summed E-state index contributed by atoms with van der Waals surface area (Å²) in [6, 6.07) is 4.74. The molecule has 7 nitrogen and oxygen atoms in total. The van der Waals surface area contributed by atoms with E-state index in [9.17, 15) is 14.0 Å². The van der Waals surface area contributed by atoms with E-state index < -0.39 is 0 Å². The fourth-order valence-electron chi connectivity index (χ4n) is 4.20. The number of rotatable bonds is 6. The van der Waals surface area contributed by atoms with Crippen LogP contribution in [0.25, 0.3) is 10.2 Å². The third-order valence-electron chi connectivity index (χ3n) is 5.68. The highest BCUT2D eigenvalue weighted by Crippen LogP contribution is 2.34. The molecule has 0 saturated carbocycles. The molecule has 1 saturated heterocycles. The van der Waals surface area contributed by atoms with Gasteiger partial charge in [-0.2, -0.15) is 0 Å². The van der Waals surface area contributed by atoms with E-state index in [1.165, 1.54) is 22.7 Å². The fraction of sp³-hybridized carbons (Fsp3) is 0.409. The minimum atomic E-state index is -0.365. The number of hydrogen-bond donors (Lipinski definition) is 2. The first-order valence-corrected chi connectivity index (χ1v) is 12.6. The van der Waals surface area contributed by atoms with Crippen LogP contribution in [-0.4, -0.2) is 47.9 Å². The molecule has 0 bridgehead atoms. The van der Waals surface area contributed by atoms with Crippen molar-refractivity contribution >= 4 is 50.6 Å². The minimum Gasteiger partial charge on any atom is -0.378 e. The predicted molar refractivity (Wildman–Crippen MR) is 126 cm³/mol. The Morgan fingerprint density at radius 1 is 1.31 bits per heavy atom. The quantitative estimate of drug-likeness (QED) is 0.570. The first kappa shape index (κ1) is 21.4. The van der Waals surface area contributed by atoms with E-state index in [-0.39, 0.29) is 23.0 Å². The van der Waals surface area contributed by atoms with Crippen LogP contribution >= 0.6 is 23.1 Å². The number of carbonyl (C=O) groups is 1. The number of nitrogens with zero attached hydrogens (tertiary/aromatic N) is 2. The van der Waals surface area contributed by atoms with Gasteiger partial charge in [0.15, 0.2) is 0 Å². The molecule has 1 aromatic carbocycles. The number of benzene rings is 1. The number of H-pyrrole nitrogens is 1. The zero-order chi connectivity index (χ0) is 22.1. The Hall–Kier alpha value is -2.43. The van der Waals surface area contributed by atoms with Crippen molar-refractivity contribution in [2.24, 2.45) is 0 Å². The van der Waals surface area contributed by atoms with Gasteiger partial charge in [-0.05, 0) is 43.0 Å². The molecule has 3 aromatic rings. The van der Waals surface area contributed by atoms with Crippen molar-refractivity contribution in [2.75, 3.05) is 42.3 Å². The smallest absolute Gasteiger partial charge is 0.259 e. The second-order valence-corrected chi connectivity index (χ2v) is 9.93. The summed E-state index contributed by atoms with van der Waals surface area (Å²) >= 11 is 2.96. The molecule has 2 aromatic heterocycles. The lowest BCUT2D eigenvalue weighted by atomic mass is 10.2.